The standard InChI is InChI=1S/C15H9Cl3N2O/c16-10-6-5-9(12(17)7-10)8-20-13-4-2-1-3-11(13)14(19-20)15(18)21/h1-7H,8H2. The second-order valence-corrected chi connectivity index (χ2v) is 5.72. The topological polar surface area (TPSA) is 34.9 Å². The molecular formula is C15H9Cl3N2O. The first-order chi connectivity index (χ1) is 10.1. The molecule has 1 aromatic heterocycles. The molecule has 0 saturated heterocycles. The van der Waals surface area contributed by atoms with Crippen molar-refractivity contribution in [3.63, 3.8) is 0 Å². The number of carbonyl (C=O) groups is 1. The summed E-state index contributed by atoms with van der Waals surface area (Å²) in [6.45, 7) is 0.431. The minimum Gasteiger partial charge on any atom is -0.274 e. The van der Waals surface area contributed by atoms with Gasteiger partial charge in [-0.3, -0.25) is 9.48 Å². The summed E-state index contributed by atoms with van der Waals surface area (Å²) in [5.74, 6) is 0. The van der Waals surface area contributed by atoms with Crippen molar-refractivity contribution < 1.29 is 4.79 Å². The zero-order chi connectivity index (χ0) is 15.0. The van der Waals surface area contributed by atoms with Gasteiger partial charge in [-0.25, -0.2) is 0 Å². The average molecular weight is 340 g/mol. The van der Waals surface area contributed by atoms with Crippen molar-refractivity contribution in [1.29, 1.82) is 0 Å². The minimum atomic E-state index is -0.577. The fourth-order valence-electron chi connectivity index (χ4n) is 2.20. The molecule has 0 N–H and O–H groups in total. The SMILES string of the molecule is O=C(Cl)c1nn(Cc2ccc(Cl)cc2Cl)c2ccccc12. The summed E-state index contributed by atoms with van der Waals surface area (Å²) < 4.78 is 1.71. The Labute approximate surface area is 136 Å². The van der Waals surface area contributed by atoms with Crippen LogP contribution in [-0.2, 0) is 6.54 Å². The van der Waals surface area contributed by atoms with E-state index in [0.717, 1.165) is 16.5 Å². The number of rotatable bonds is 3. The molecule has 0 amide bonds. The fraction of sp³-hybridized carbons (Fsp3) is 0.0667. The van der Waals surface area contributed by atoms with Gasteiger partial charge in [-0.1, -0.05) is 47.5 Å². The molecule has 0 radical (unpaired) electrons. The van der Waals surface area contributed by atoms with Crippen molar-refractivity contribution in [3.05, 3.63) is 63.8 Å². The van der Waals surface area contributed by atoms with E-state index in [-0.39, 0.29) is 5.69 Å². The van der Waals surface area contributed by atoms with E-state index >= 15 is 0 Å². The number of fused-ring (bicyclic) bond motifs is 1. The number of halogens is 3. The zero-order valence-corrected chi connectivity index (χ0v) is 13.0. The smallest absolute Gasteiger partial charge is 0.273 e. The van der Waals surface area contributed by atoms with Crippen LogP contribution in [-0.4, -0.2) is 15.0 Å². The summed E-state index contributed by atoms with van der Waals surface area (Å²) in [6, 6.07) is 12.7. The molecule has 3 nitrogen and oxygen atoms in total. The zero-order valence-electron chi connectivity index (χ0n) is 10.7. The van der Waals surface area contributed by atoms with E-state index < -0.39 is 5.24 Å². The Morgan fingerprint density at radius 1 is 1.14 bits per heavy atom. The van der Waals surface area contributed by atoms with Crippen molar-refractivity contribution in [1.82, 2.24) is 9.78 Å². The minimum absolute atomic E-state index is 0.248. The summed E-state index contributed by atoms with van der Waals surface area (Å²) in [6.07, 6.45) is 0. The molecule has 21 heavy (non-hydrogen) atoms. The van der Waals surface area contributed by atoms with Crippen molar-refractivity contribution in [3.8, 4) is 0 Å². The van der Waals surface area contributed by atoms with Crippen molar-refractivity contribution in [2.45, 2.75) is 6.54 Å². The van der Waals surface area contributed by atoms with Crippen LogP contribution in [0.15, 0.2) is 42.5 Å². The second kappa shape index (κ2) is 5.68. The monoisotopic (exact) mass is 338 g/mol. The molecule has 106 valence electrons. The number of para-hydroxylation sites is 1. The Hall–Kier alpha value is -1.55. The molecule has 0 saturated carbocycles. The number of nitrogens with zero attached hydrogens (tertiary/aromatic N) is 2. The lowest BCUT2D eigenvalue weighted by Gasteiger charge is -2.06. The van der Waals surface area contributed by atoms with Crippen LogP contribution in [0.5, 0.6) is 0 Å². The third-order valence-corrected chi connectivity index (χ3v) is 3.95. The number of carbonyl (C=O) groups excluding carboxylic acids is 1. The predicted molar refractivity (Wildman–Crippen MR) is 85.5 cm³/mol. The fourth-order valence-corrected chi connectivity index (χ4v) is 2.81. The van der Waals surface area contributed by atoms with E-state index in [0.29, 0.717) is 16.6 Å². The van der Waals surface area contributed by atoms with Gasteiger partial charge in [0.05, 0.1) is 12.1 Å². The van der Waals surface area contributed by atoms with Crippen LogP contribution >= 0.6 is 34.8 Å². The highest BCUT2D eigenvalue weighted by molar-refractivity contribution is 6.68. The van der Waals surface area contributed by atoms with Crippen molar-refractivity contribution >= 4 is 50.9 Å². The lowest BCUT2D eigenvalue weighted by molar-refractivity contribution is 0.107. The van der Waals surface area contributed by atoms with E-state index in [1.54, 1.807) is 16.8 Å². The molecule has 3 aromatic rings. The number of benzene rings is 2. The second-order valence-electron chi connectivity index (χ2n) is 4.53. The Balaban J connectivity index is 2.10. The number of hydrogen-bond acceptors (Lipinski definition) is 2. The van der Waals surface area contributed by atoms with E-state index in [9.17, 15) is 4.79 Å². The number of aromatic nitrogens is 2. The first kappa shape index (κ1) is 14.4. The summed E-state index contributed by atoms with van der Waals surface area (Å²) in [4.78, 5) is 11.5. The van der Waals surface area contributed by atoms with Gasteiger partial charge in [0.1, 0.15) is 0 Å². The highest BCUT2D eigenvalue weighted by Crippen LogP contribution is 2.25. The average Bonchev–Trinajstić information content (AvgIpc) is 2.81. The van der Waals surface area contributed by atoms with E-state index in [2.05, 4.69) is 5.10 Å². The Morgan fingerprint density at radius 3 is 2.62 bits per heavy atom. The highest BCUT2D eigenvalue weighted by atomic mass is 35.5. The van der Waals surface area contributed by atoms with Crippen molar-refractivity contribution in [2.24, 2.45) is 0 Å². The Morgan fingerprint density at radius 2 is 1.90 bits per heavy atom. The van der Waals surface area contributed by atoms with E-state index in [1.165, 1.54) is 0 Å². The maximum Gasteiger partial charge on any atom is 0.273 e. The molecule has 0 atom stereocenters. The van der Waals surface area contributed by atoms with Crippen LogP contribution < -0.4 is 0 Å². The molecule has 0 bridgehead atoms. The van der Waals surface area contributed by atoms with E-state index in [1.807, 2.05) is 30.3 Å². The quantitative estimate of drug-likeness (QED) is 0.644. The van der Waals surface area contributed by atoms with Crippen molar-refractivity contribution in [2.75, 3.05) is 0 Å². The van der Waals surface area contributed by atoms with Gasteiger partial charge in [-0.05, 0) is 35.4 Å². The first-order valence-electron chi connectivity index (χ1n) is 6.15. The molecule has 0 aliphatic heterocycles. The van der Waals surface area contributed by atoms with Gasteiger partial charge in [0, 0.05) is 15.4 Å². The lowest BCUT2D eigenvalue weighted by Crippen LogP contribution is -2.03. The molecular weight excluding hydrogens is 331 g/mol. The van der Waals surface area contributed by atoms with Crippen LogP contribution in [0.4, 0.5) is 0 Å². The summed E-state index contributed by atoms with van der Waals surface area (Å²) in [7, 11) is 0. The van der Waals surface area contributed by atoms with Gasteiger partial charge >= 0.3 is 0 Å². The Bertz CT molecular complexity index is 842. The largest absolute Gasteiger partial charge is 0.274 e. The summed E-state index contributed by atoms with van der Waals surface area (Å²) in [5.41, 5.74) is 1.94. The third-order valence-electron chi connectivity index (χ3n) is 3.18. The van der Waals surface area contributed by atoms with Crippen LogP contribution in [0.2, 0.25) is 10.0 Å². The molecule has 0 unspecified atom stereocenters. The molecule has 2 aromatic carbocycles. The number of hydrogen-bond donors (Lipinski definition) is 0. The van der Waals surface area contributed by atoms with Gasteiger partial charge in [0.15, 0.2) is 5.69 Å². The van der Waals surface area contributed by atoms with Crippen LogP contribution in [0.25, 0.3) is 10.9 Å². The molecule has 6 heteroatoms. The van der Waals surface area contributed by atoms with Gasteiger partial charge in [0.25, 0.3) is 5.24 Å². The molecule has 3 rings (SSSR count). The molecule has 0 spiro atoms. The third kappa shape index (κ3) is 2.77. The normalized spacial score (nSPS) is 11.0. The lowest BCUT2D eigenvalue weighted by atomic mass is 10.2. The maximum atomic E-state index is 11.5. The van der Waals surface area contributed by atoms with Gasteiger partial charge in [-0.2, -0.15) is 5.10 Å². The summed E-state index contributed by atoms with van der Waals surface area (Å²) >= 11 is 17.7. The van der Waals surface area contributed by atoms with Gasteiger partial charge in [-0.15, -0.1) is 0 Å². The van der Waals surface area contributed by atoms with E-state index in [4.69, 9.17) is 34.8 Å². The molecule has 1 heterocycles. The van der Waals surface area contributed by atoms with Gasteiger partial charge in [0.2, 0.25) is 0 Å². The molecule has 0 aliphatic rings. The van der Waals surface area contributed by atoms with Crippen LogP contribution in [0.3, 0.4) is 0 Å². The van der Waals surface area contributed by atoms with Crippen LogP contribution in [0.1, 0.15) is 16.1 Å². The summed E-state index contributed by atoms with van der Waals surface area (Å²) in [5, 5.41) is 5.57. The maximum absolute atomic E-state index is 11.5. The Kier molecular flexibility index (Phi) is 3.89. The van der Waals surface area contributed by atoms with Gasteiger partial charge < -0.3 is 0 Å². The molecule has 0 aliphatic carbocycles. The first-order valence-corrected chi connectivity index (χ1v) is 7.29. The molecule has 0 fully saturated rings. The predicted octanol–water partition coefficient (Wildman–Crippen LogP) is 4.77. The highest BCUT2D eigenvalue weighted by Gasteiger charge is 2.15. The van der Waals surface area contributed by atoms with Crippen LogP contribution in [0, 0.1) is 0 Å².